The van der Waals surface area contributed by atoms with Crippen LogP contribution >= 0.6 is 7.60 Å². The average Bonchev–Trinajstić information content (AvgIpc) is 3.26. The van der Waals surface area contributed by atoms with Gasteiger partial charge in [-0.25, -0.2) is 4.79 Å². The van der Waals surface area contributed by atoms with E-state index in [9.17, 15) is 14.5 Å². The summed E-state index contributed by atoms with van der Waals surface area (Å²) in [4.78, 5) is 14.1. The molecule has 1 fully saturated rings. The molecule has 7 nitrogen and oxygen atoms in total. The first-order valence-corrected chi connectivity index (χ1v) is 12.4. The van der Waals surface area contributed by atoms with Gasteiger partial charge in [-0.15, -0.1) is 0 Å². The van der Waals surface area contributed by atoms with Crippen LogP contribution in [-0.2, 0) is 31.6 Å². The summed E-state index contributed by atoms with van der Waals surface area (Å²) < 4.78 is 30.8. The topological polar surface area (TPSA) is 85.3 Å². The van der Waals surface area contributed by atoms with Gasteiger partial charge in [0.2, 0.25) is 0 Å². The molecule has 0 aromatic heterocycles. The average molecular weight is 461 g/mol. The lowest BCUT2D eigenvalue weighted by atomic mass is 10.2. The fourth-order valence-corrected chi connectivity index (χ4v) is 5.30. The Bertz CT molecular complexity index is 868. The Morgan fingerprint density at radius 1 is 1.03 bits per heavy atom. The number of aliphatic hydroxyl groups excluding tert-OH is 1. The van der Waals surface area contributed by atoms with Gasteiger partial charge >= 0.3 is 13.7 Å². The number of ether oxygens (including phenoxy) is 1. The highest BCUT2D eigenvalue weighted by Gasteiger charge is 2.47. The Labute approximate surface area is 189 Å². The Balaban J connectivity index is 1.78. The maximum Gasteiger partial charge on any atom is 0.410 e. The molecule has 2 aromatic rings. The second-order valence-electron chi connectivity index (χ2n) is 8.85. The van der Waals surface area contributed by atoms with E-state index in [1.807, 2.05) is 60.7 Å². The third kappa shape index (κ3) is 6.66. The molecule has 3 rings (SSSR count). The zero-order valence-electron chi connectivity index (χ0n) is 18.8. The fraction of sp³-hybridized carbons (Fsp3) is 0.458. The highest BCUT2D eigenvalue weighted by atomic mass is 31.2. The van der Waals surface area contributed by atoms with Gasteiger partial charge in [0.25, 0.3) is 0 Å². The van der Waals surface area contributed by atoms with E-state index < -0.39 is 31.2 Å². The number of likely N-dealkylation sites (tertiary alicyclic amines) is 1. The van der Waals surface area contributed by atoms with Crippen LogP contribution in [-0.4, -0.2) is 40.1 Å². The fourth-order valence-electron chi connectivity index (χ4n) is 3.53. The highest BCUT2D eigenvalue weighted by molar-refractivity contribution is 7.54. The summed E-state index contributed by atoms with van der Waals surface area (Å²) in [5.41, 5.74) is 0.935. The molecule has 0 spiro atoms. The van der Waals surface area contributed by atoms with Crippen molar-refractivity contribution in [3.8, 4) is 0 Å². The number of hydrogen-bond donors (Lipinski definition) is 1. The maximum atomic E-state index is 13.8. The lowest BCUT2D eigenvalue weighted by Crippen LogP contribution is -2.45. The molecule has 2 atom stereocenters. The van der Waals surface area contributed by atoms with E-state index in [1.54, 1.807) is 20.8 Å². The minimum absolute atomic E-state index is 0.0170. The zero-order valence-corrected chi connectivity index (χ0v) is 19.7. The normalized spacial score (nSPS) is 17.9. The molecule has 32 heavy (non-hydrogen) atoms. The van der Waals surface area contributed by atoms with Crippen LogP contribution in [0.15, 0.2) is 60.7 Å². The van der Waals surface area contributed by atoms with Gasteiger partial charge in [0.1, 0.15) is 5.60 Å². The first-order valence-electron chi connectivity index (χ1n) is 10.8. The summed E-state index contributed by atoms with van der Waals surface area (Å²) in [5, 5.41) is 11.2. The van der Waals surface area contributed by atoms with Gasteiger partial charge in [0.05, 0.1) is 19.3 Å². The van der Waals surface area contributed by atoms with Crippen molar-refractivity contribution in [3.05, 3.63) is 71.8 Å². The predicted octanol–water partition coefficient (Wildman–Crippen LogP) is 5.33. The van der Waals surface area contributed by atoms with Crippen molar-refractivity contribution in [3.63, 3.8) is 0 Å². The summed E-state index contributed by atoms with van der Waals surface area (Å²) in [5.74, 6) is -1.50. The van der Waals surface area contributed by atoms with E-state index in [4.69, 9.17) is 13.8 Å². The van der Waals surface area contributed by atoms with E-state index in [0.29, 0.717) is 19.4 Å². The number of benzene rings is 2. The van der Waals surface area contributed by atoms with Crippen LogP contribution < -0.4 is 0 Å². The first kappa shape index (κ1) is 24.5. The number of carbonyl (C=O) groups is 1. The van der Waals surface area contributed by atoms with Crippen molar-refractivity contribution in [1.82, 2.24) is 4.90 Å². The second-order valence-corrected chi connectivity index (χ2v) is 11.0. The van der Waals surface area contributed by atoms with Gasteiger partial charge in [-0.2, -0.15) is 0 Å². The van der Waals surface area contributed by atoms with Crippen molar-refractivity contribution < 1.29 is 28.3 Å². The van der Waals surface area contributed by atoms with E-state index in [2.05, 4.69) is 0 Å². The molecule has 1 heterocycles. The molecule has 1 amide bonds. The lowest BCUT2D eigenvalue weighted by Gasteiger charge is -2.33. The Hall–Kier alpha value is -2.18. The minimum Gasteiger partial charge on any atom is -0.444 e. The van der Waals surface area contributed by atoms with Crippen LogP contribution in [0.4, 0.5) is 4.79 Å². The van der Waals surface area contributed by atoms with Crippen LogP contribution in [0, 0.1) is 0 Å². The molecule has 2 aromatic carbocycles. The minimum atomic E-state index is -4.01. The van der Waals surface area contributed by atoms with Crippen LogP contribution in [0.25, 0.3) is 0 Å². The van der Waals surface area contributed by atoms with E-state index in [0.717, 1.165) is 11.1 Å². The smallest absolute Gasteiger partial charge is 0.410 e. The Morgan fingerprint density at radius 3 is 2.00 bits per heavy atom. The monoisotopic (exact) mass is 461 g/mol. The molecule has 8 heteroatoms. The van der Waals surface area contributed by atoms with Crippen LogP contribution in [0.5, 0.6) is 0 Å². The molecule has 1 saturated heterocycles. The number of aliphatic hydroxyl groups is 1. The SMILES string of the molecule is CC(C)(C)OC(=O)N1CCC[C@H]1C(O)P(=O)(OCc1ccccc1)OCc1ccccc1. The summed E-state index contributed by atoms with van der Waals surface area (Å²) in [7, 11) is -4.01. The van der Waals surface area contributed by atoms with Crippen molar-refractivity contribution in [2.45, 2.75) is 64.3 Å². The molecule has 0 aliphatic carbocycles. The lowest BCUT2D eigenvalue weighted by molar-refractivity contribution is 0.0103. The Kier molecular flexibility index (Phi) is 8.12. The summed E-state index contributed by atoms with van der Waals surface area (Å²) in [6.07, 6.45) is 0.600. The van der Waals surface area contributed by atoms with Gasteiger partial charge in [0.15, 0.2) is 5.85 Å². The molecule has 1 N–H and O–H groups in total. The van der Waals surface area contributed by atoms with Crippen molar-refractivity contribution in [2.24, 2.45) is 0 Å². The zero-order chi connectivity index (χ0) is 23.2. The first-order chi connectivity index (χ1) is 15.2. The molecule has 1 aliphatic rings. The molecule has 1 unspecified atom stereocenters. The number of nitrogens with zero attached hydrogens (tertiary/aromatic N) is 1. The van der Waals surface area contributed by atoms with E-state index >= 15 is 0 Å². The number of amides is 1. The number of rotatable bonds is 8. The van der Waals surface area contributed by atoms with Gasteiger partial charge in [0, 0.05) is 6.54 Å². The molecular weight excluding hydrogens is 429 g/mol. The van der Waals surface area contributed by atoms with Crippen molar-refractivity contribution in [1.29, 1.82) is 0 Å². The summed E-state index contributed by atoms with van der Waals surface area (Å²) in [6, 6.07) is 17.8. The van der Waals surface area contributed by atoms with E-state index in [1.165, 1.54) is 4.90 Å². The molecule has 174 valence electrons. The summed E-state index contributed by atoms with van der Waals surface area (Å²) in [6.45, 7) is 5.79. The van der Waals surface area contributed by atoms with Crippen LogP contribution in [0.1, 0.15) is 44.7 Å². The number of carbonyl (C=O) groups excluding carboxylic acids is 1. The molecule has 1 aliphatic heterocycles. The molecular formula is C24H32NO6P. The van der Waals surface area contributed by atoms with E-state index in [-0.39, 0.29) is 13.2 Å². The highest BCUT2D eigenvalue weighted by Crippen LogP contribution is 2.56. The van der Waals surface area contributed by atoms with Crippen LogP contribution in [0.2, 0.25) is 0 Å². The van der Waals surface area contributed by atoms with Crippen molar-refractivity contribution in [2.75, 3.05) is 6.54 Å². The van der Waals surface area contributed by atoms with Gasteiger partial charge < -0.3 is 23.8 Å². The van der Waals surface area contributed by atoms with Gasteiger partial charge in [-0.1, -0.05) is 60.7 Å². The molecule has 0 saturated carbocycles. The third-order valence-electron chi connectivity index (χ3n) is 5.10. The van der Waals surface area contributed by atoms with Crippen LogP contribution in [0.3, 0.4) is 0 Å². The quantitative estimate of drug-likeness (QED) is 0.535. The second kappa shape index (κ2) is 10.6. The Morgan fingerprint density at radius 2 is 1.53 bits per heavy atom. The van der Waals surface area contributed by atoms with Crippen molar-refractivity contribution >= 4 is 13.7 Å². The summed E-state index contributed by atoms with van der Waals surface area (Å²) >= 11 is 0. The number of hydrogen-bond acceptors (Lipinski definition) is 6. The molecule has 0 bridgehead atoms. The standard InChI is InChI=1S/C24H32NO6P/c1-24(2,3)31-23(27)25-16-10-15-21(25)22(26)32(28,29-17-19-11-6-4-7-12-19)30-18-20-13-8-5-9-14-20/h4-9,11-14,21-22,26H,10,15-18H2,1-3H3/t21-,22?/m0/s1. The third-order valence-corrected chi connectivity index (χ3v) is 7.07. The van der Waals surface area contributed by atoms with Gasteiger partial charge in [-0.3, -0.25) is 4.57 Å². The molecule has 0 radical (unpaired) electrons. The maximum absolute atomic E-state index is 13.8. The predicted molar refractivity (Wildman–Crippen MR) is 122 cm³/mol. The largest absolute Gasteiger partial charge is 0.444 e. The van der Waals surface area contributed by atoms with Gasteiger partial charge in [-0.05, 0) is 44.7 Å².